The molecule has 2 rings (SSSR count). The maximum Gasteiger partial charge on any atom is 0.254 e. The minimum atomic E-state index is -0.812. The zero-order valence-electron chi connectivity index (χ0n) is 11.0. The van der Waals surface area contributed by atoms with Gasteiger partial charge in [-0.05, 0) is 50.4 Å². The van der Waals surface area contributed by atoms with Crippen LogP contribution in [0.15, 0.2) is 12.1 Å². The molecular formula is C14H17ClF2N2O. The van der Waals surface area contributed by atoms with Crippen LogP contribution in [0.4, 0.5) is 8.78 Å². The maximum atomic E-state index is 13.5. The number of amides is 1. The number of rotatable bonds is 4. The summed E-state index contributed by atoms with van der Waals surface area (Å²) in [7, 11) is 0. The molecule has 110 valence electrons. The number of nitrogens with one attached hydrogen (secondary N) is 2. The number of benzene rings is 1. The van der Waals surface area contributed by atoms with Crippen LogP contribution in [0.2, 0.25) is 5.02 Å². The lowest BCUT2D eigenvalue weighted by atomic mass is 9.96. The topological polar surface area (TPSA) is 41.1 Å². The predicted molar refractivity (Wildman–Crippen MR) is 73.9 cm³/mol. The van der Waals surface area contributed by atoms with E-state index in [1.165, 1.54) is 0 Å². The monoisotopic (exact) mass is 302 g/mol. The van der Waals surface area contributed by atoms with Crippen LogP contribution in [0.1, 0.15) is 29.6 Å². The van der Waals surface area contributed by atoms with E-state index >= 15 is 0 Å². The van der Waals surface area contributed by atoms with Gasteiger partial charge in [-0.3, -0.25) is 4.79 Å². The Morgan fingerprint density at radius 2 is 2.20 bits per heavy atom. The fourth-order valence-corrected chi connectivity index (χ4v) is 2.50. The molecule has 1 heterocycles. The first-order chi connectivity index (χ1) is 9.58. The van der Waals surface area contributed by atoms with Crippen LogP contribution in [0.25, 0.3) is 0 Å². The van der Waals surface area contributed by atoms with Crippen molar-refractivity contribution in [2.24, 2.45) is 5.92 Å². The number of hydrogen-bond acceptors (Lipinski definition) is 2. The van der Waals surface area contributed by atoms with Crippen molar-refractivity contribution in [1.29, 1.82) is 0 Å². The largest absolute Gasteiger partial charge is 0.352 e. The van der Waals surface area contributed by atoms with Gasteiger partial charge in [0.15, 0.2) is 0 Å². The van der Waals surface area contributed by atoms with Crippen molar-refractivity contribution in [1.82, 2.24) is 10.6 Å². The average molecular weight is 303 g/mol. The lowest BCUT2D eigenvalue weighted by molar-refractivity contribution is 0.0946. The Morgan fingerprint density at radius 3 is 2.90 bits per heavy atom. The molecule has 0 spiro atoms. The second-order valence-electron chi connectivity index (χ2n) is 5.00. The summed E-state index contributed by atoms with van der Waals surface area (Å²) in [5.74, 6) is -1.69. The van der Waals surface area contributed by atoms with Gasteiger partial charge in [0.2, 0.25) is 0 Å². The molecule has 1 aromatic carbocycles. The van der Waals surface area contributed by atoms with Crippen molar-refractivity contribution in [2.45, 2.75) is 19.3 Å². The van der Waals surface area contributed by atoms with Gasteiger partial charge < -0.3 is 10.6 Å². The third kappa shape index (κ3) is 3.90. The lowest BCUT2D eigenvalue weighted by Gasteiger charge is -2.22. The Labute approximate surface area is 121 Å². The lowest BCUT2D eigenvalue weighted by Crippen LogP contribution is -2.33. The number of piperidine rings is 1. The van der Waals surface area contributed by atoms with Crippen LogP contribution in [-0.2, 0) is 0 Å². The molecule has 1 aliphatic rings. The average Bonchev–Trinajstić information content (AvgIpc) is 2.44. The summed E-state index contributed by atoms with van der Waals surface area (Å²) in [5.41, 5.74) is -0.311. The van der Waals surface area contributed by atoms with E-state index in [9.17, 15) is 13.6 Å². The van der Waals surface area contributed by atoms with Gasteiger partial charge in [-0.2, -0.15) is 0 Å². The highest BCUT2D eigenvalue weighted by Crippen LogP contribution is 2.19. The summed E-state index contributed by atoms with van der Waals surface area (Å²) >= 11 is 5.44. The minimum absolute atomic E-state index is 0.311. The Morgan fingerprint density at radius 1 is 1.40 bits per heavy atom. The van der Waals surface area contributed by atoms with Crippen LogP contribution in [0.5, 0.6) is 0 Å². The van der Waals surface area contributed by atoms with Crippen molar-refractivity contribution in [3.05, 3.63) is 34.4 Å². The van der Waals surface area contributed by atoms with Gasteiger partial charge in [-0.15, -0.1) is 0 Å². The molecule has 1 aliphatic heterocycles. The summed E-state index contributed by atoms with van der Waals surface area (Å²) in [6, 6.07) is 1.64. The van der Waals surface area contributed by atoms with Gasteiger partial charge in [-0.1, -0.05) is 11.6 Å². The van der Waals surface area contributed by atoms with E-state index in [2.05, 4.69) is 10.6 Å². The molecule has 1 amide bonds. The second kappa shape index (κ2) is 6.99. The van der Waals surface area contributed by atoms with Gasteiger partial charge in [0.25, 0.3) is 5.91 Å². The summed E-state index contributed by atoms with van der Waals surface area (Å²) in [6.07, 6.45) is 3.10. The van der Waals surface area contributed by atoms with Crippen LogP contribution in [0.3, 0.4) is 0 Å². The Hall–Kier alpha value is -1.20. The van der Waals surface area contributed by atoms with E-state index < -0.39 is 17.5 Å². The van der Waals surface area contributed by atoms with Crippen LogP contribution in [-0.4, -0.2) is 25.5 Å². The maximum absolute atomic E-state index is 13.5. The van der Waals surface area contributed by atoms with Crippen molar-refractivity contribution >= 4 is 17.5 Å². The van der Waals surface area contributed by atoms with E-state index in [0.29, 0.717) is 12.5 Å². The molecule has 1 atom stereocenters. The Balaban J connectivity index is 1.87. The number of carbonyl (C=O) groups is 1. The van der Waals surface area contributed by atoms with Crippen molar-refractivity contribution in [3.8, 4) is 0 Å². The molecule has 0 radical (unpaired) electrons. The molecule has 0 bridgehead atoms. The number of hydrogen-bond donors (Lipinski definition) is 2. The van der Waals surface area contributed by atoms with Crippen LogP contribution >= 0.6 is 11.6 Å². The normalized spacial score (nSPS) is 18.9. The van der Waals surface area contributed by atoms with Gasteiger partial charge in [0.05, 0.1) is 10.6 Å². The van der Waals surface area contributed by atoms with Crippen molar-refractivity contribution in [3.63, 3.8) is 0 Å². The SMILES string of the molecule is O=C(NCCC1CCCNC1)c1cc(F)c(Cl)cc1F. The summed E-state index contributed by atoms with van der Waals surface area (Å²) in [6.45, 7) is 2.44. The molecule has 1 aromatic rings. The molecule has 3 nitrogen and oxygen atoms in total. The van der Waals surface area contributed by atoms with E-state index in [-0.39, 0.29) is 10.6 Å². The summed E-state index contributed by atoms with van der Waals surface area (Å²) < 4.78 is 26.8. The number of carbonyl (C=O) groups excluding carboxylic acids is 1. The first kappa shape index (κ1) is 15.2. The quantitative estimate of drug-likeness (QED) is 0.840. The van der Waals surface area contributed by atoms with Crippen LogP contribution < -0.4 is 10.6 Å². The fraction of sp³-hybridized carbons (Fsp3) is 0.500. The summed E-state index contributed by atoms with van der Waals surface area (Å²) in [4.78, 5) is 11.8. The highest BCUT2D eigenvalue weighted by molar-refractivity contribution is 6.30. The van der Waals surface area contributed by atoms with Gasteiger partial charge in [0.1, 0.15) is 11.6 Å². The molecule has 1 fully saturated rings. The van der Waals surface area contributed by atoms with Crippen LogP contribution in [0, 0.1) is 17.6 Å². The minimum Gasteiger partial charge on any atom is -0.352 e. The zero-order valence-corrected chi connectivity index (χ0v) is 11.8. The highest BCUT2D eigenvalue weighted by Gasteiger charge is 2.16. The molecule has 1 saturated heterocycles. The first-order valence-electron chi connectivity index (χ1n) is 6.71. The third-order valence-electron chi connectivity index (χ3n) is 3.49. The fourth-order valence-electron chi connectivity index (χ4n) is 2.35. The summed E-state index contributed by atoms with van der Waals surface area (Å²) in [5, 5.41) is 5.58. The first-order valence-corrected chi connectivity index (χ1v) is 7.09. The Kier molecular flexibility index (Phi) is 5.31. The molecular weight excluding hydrogens is 286 g/mol. The molecule has 1 unspecified atom stereocenters. The van der Waals surface area contributed by atoms with Gasteiger partial charge >= 0.3 is 0 Å². The smallest absolute Gasteiger partial charge is 0.254 e. The molecule has 0 saturated carbocycles. The second-order valence-corrected chi connectivity index (χ2v) is 5.41. The molecule has 0 aliphatic carbocycles. The van der Waals surface area contributed by atoms with E-state index in [4.69, 9.17) is 11.6 Å². The molecule has 0 aromatic heterocycles. The Bertz CT molecular complexity index is 490. The zero-order chi connectivity index (χ0) is 14.5. The van der Waals surface area contributed by atoms with E-state index in [1.807, 2.05) is 0 Å². The molecule has 6 heteroatoms. The molecule has 20 heavy (non-hydrogen) atoms. The van der Waals surface area contributed by atoms with Gasteiger partial charge in [0, 0.05) is 6.54 Å². The van der Waals surface area contributed by atoms with Crippen molar-refractivity contribution < 1.29 is 13.6 Å². The predicted octanol–water partition coefficient (Wildman–Crippen LogP) is 2.74. The van der Waals surface area contributed by atoms with E-state index in [1.54, 1.807) is 0 Å². The van der Waals surface area contributed by atoms with Gasteiger partial charge in [-0.25, -0.2) is 8.78 Å². The molecule has 2 N–H and O–H groups in total. The third-order valence-corrected chi connectivity index (χ3v) is 3.78. The van der Waals surface area contributed by atoms with Crippen molar-refractivity contribution in [2.75, 3.05) is 19.6 Å². The van der Waals surface area contributed by atoms with E-state index in [0.717, 1.165) is 44.5 Å². The highest BCUT2D eigenvalue weighted by atomic mass is 35.5. The standard InChI is InChI=1S/C14H17ClF2N2O/c15-11-7-12(16)10(6-13(11)17)14(20)19-5-3-9-2-1-4-18-8-9/h6-7,9,18H,1-5,8H2,(H,19,20). The number of halogens is 3.